The van der Waals surface area contributed by atoms with Crippen LogP contribution in [0.15, 0.2) is 40.8 Å². The zero-order valence-electron chi connectivity index (χ0n) is 17.5. The van der Waals surface area contributed by atoms with E-state index in [4.69, 9.17) is 0 Å². The van der Waals surface area contributed by atoms with Gasteiger partial charge in [-0.05, 0) is 40.9 Å². The highest BCUT2D eigenvalue weighted by atomic mass is 79.9. The van der Waals surface area contributed by atoms with Crippen molar-refractivity contribution in [1.82, 2.24) is 33.8 Å². The molecule has 4 heterocycles. The molecular weight excluding hydrogens is 504 g/mol. The molecule has 10 nitrogen and oxygen atoms in total. The van der Waals surface area contributed by atoms with Gasteiger partial charge in [0.2, 0.25) is 11.6 Å². The quantitative estimate of drug-likeness (QED) is 0.503. The van der Waals surface area contributed by atoms with E-state index < -0.39 is 36.0 Å². The Balaban J connectivity index is 1.40. The van der Waals surface area contributed by atoms with E-state index in [0.29, 0.717) is 10.3 Å². The number of fused-ring (bicyclic) bond motifs is 1. The highest BCUT2D eigenvalue weighted by Crippen LogP contribution is 2.27. The molecule has 0 bridgehead atoms. The molecule has 4 rings (SSSR count). The number of halogens is 3. The number of aromatic nitrogens is 6. The predicted molar refractivity (Wildman–Crippen MR) is 118 cm³/mol. The Morgan fingerprint density at radius 2 is 2.09 bits per heavy atom. The van der Waals surface area contributed by atoms with Crippen LogP contribution < -0.4 is 5.56 Å². The third kappa shape index (κ3) is 4.74. The Kier molecular flexibility index (Phi) is 6.43. The van der Waals surface area contributed by atoms with Crippen molar-refractivity contribution in [2.75, 3.05) is 13.1 Å². The minimum Gasteiger partial charge on any atom is -0.388 e. The summed E-state index contributed by atoms with van der Waals surface area (Å²) in [4.78, 5) is 30.8. The van der Waals surface area contributed by atoms with E-state index in [2.05, 4.69) is 37.7 Å². The number of hydrogen-bond donors (Lipinski definition) is 1. The molecule has 1 aliphatic rings. The van der Waals surface area contributed by atoms with Crippen LogP contribution in [0.2, 0.25) is 0 Å². The van der Waals surface area contributed by atoms with Crippen LogP contribution in [0.25, 0.3) is 11.7 Å². The van der Waals surface area contributed by atoms with Crippen molar-refractivity contribution in [2.45, 2.75) is 43.9 Å². The molecule has 1 fully saturated rings. The highest BCUT2D eigenvalue weighted by molar-refractivity contribution is 9.10. The first-order valence-electron chi connectivity index (χ1n) is 10.3. The van der Waals surface area contributed by atoms with E-state index in [1.54, 1.807) is 6.07 Å². The van der Waals surface area contributed by atoms with Crippen LogP contribution in [0.4, 0.5) is 8.78 Å². The maximum Gasteiger partial charge on any atom is 0.297 e. The van der Waals surface area contributed by atoms with Crippen molar-refractivity contribution in [3.63, 3.8) is 0 Å². The molecule has 1 N–H and O–H groups in total. The molecule has 3 aromatic rings. The summed E-state index contributed by atoms with van der Waals surface area (Å²) < 4.78 is 31.4. The van der Waals surface area contributed by atoms with Crippen molar-refractivity contribution in [2.24, 2.45) is 0 Å². The van der Waals surface area contributed by atoms with E-state index in [1.807, 2.05) is 0 Å². The number of carbonyl (C=O) groups is 1. The van der Waals surface area contributed by atoms with Crippen molar-refractivity contribution < 1.29 is 18.7 Å². The number of amides is 1. The summed E-state index contributed by atoms with van der Waals surface area (Å²) in [7, 11) is 0. The fourth-order valence-electron chi connectivity index (χ4n) is 3.89. The molecule has 3 aromatic heterocycles. The second-order valence-electron chi connectivity index (χ2n) is 8.02. The summed E-state index contributed by atoms with van der Waals surface area (Å²) in [5.74, 6) is -0.444. The molecule has 0 aliphatic carbocycles. The molecule has 0 radical (unpaired) electrons. The first kappa shape index (κ1) is 23.2. The summed E-state index contributed by atoms with van der Waals surface area (Å²) in [5, 5.41) is 19.1. The molecule has 0 spiro atoms. The Hall–Kier alpha value is -2.93. The monoisotopic (exact) mass is 525 g/mol. The van der Waals surface area contributed by atoms with Gasteiger partial charge >= 0.3 is 0 Å². The lowest BCUT2D eigenvalue weighted by atomic mass is 9.91. The third-order valence-electron chi connectivity index (χ3n) is 5.82. The van der Waals surface area contributed by atoms with Gasteiger partial charge in [0.15, 0.2) is 0 Å². The topological polar surface area (TPSA) is 111 Å². The average molecular weight is 526 g/mol. The number of carbonyl (C=O) groups excluding carboxylic acids is 1. The van der Waals surface area contributed by atoms with Crippen molar-refractivity contribution in [1.29, 1.82) is 0 Å². The lowest BCUT2D eigenvalue weighted by molar-refractivity contribution is -0.138. The Bertz CT molecular complexity index is 1230. The molecule has 1 unspecified atom stereocenters. The van der Waals surface area contributed by atoms with E-state index in [-0.39, 0.29) is 38.1 Å². The Labute approximate surface area is 195 Å². The SMILES string of the molecule is C=Cc1ccn(C(CC(=O)N2CCC(O)(Cn3cnn4c(Br)cnc4c3=O)CC2)C(F)F)n1. The fourth-order valence-corrected chi connectivity index (χ4v) is 4.25. The number of alkyl halides is 2. The molecule has 0 aromatic carbocycles. The molecule has 1 amide bonds. The highest BCUT2D eigenvalue weighted by Gasteiger charge is 2.36. The van der Waals surface area contributed by atoms with Crippen LogP contribution in [-0.2, 0) is 11.3 Å². The van der Waals surface area contributed by atoms with Gasteiger partial charge in [-0.3, -0.25) is 18.8 Å². The van der Waals surface area contributed by atoms with Gasteiger partial charge in [0, 0.05) is 19.3 Å². The smallest absolute Gasteiger partial charge is 0.297 e. The van der Waals surface area contributed by atoms with Crippen LogP contribution in [0, 0.1) is 0 Å². The minimum absolute atomic E-state index is 0.0148. The van der Waals surface area contributed by atoms with Gasteiger partial charge in [0.05, 0.1) is 30.5 Å². The third-order valence-corrected chi connectivity index (χ3v) is 6.36. The molecule has 1 saturated heterocycles. The molecule has 0 saturated carbocycles. The molecule has 1 atom stereocenters. The van der Waals surface area contributed by atoms with Gasteiger partial charge in [-0.15, -0.1) is 0 Å². The van der Waals surface area contributed by atoms with Gasteiger partial charge in [-0.2, -0.15) is 10.2 Å². The largest absolute Gasteiger partial charge is 0.388 e. The number of aliphatic hydroxyl groups is 1. The lowest BCUT2D eigenvalue weighted by Gasteiger charge is -2.38. The van der Waals surface area contributed by atoms with Crippen LogP contribution in [-0.4, -0.2) is 70.0 Å². The molecule has 1 aliphatic heterocycles. The van der Waals surface area contributed by atoms with Gasteiger partial charge in [-0.1, -0.05) is 6.58 Å². The molecular formula is C20H22BrF2N7O3. The van der Waals surface area contributed by atoms with Gasteiger partial charge in [0.25, 0.3) is 12.0 Å². The Morgan fingerprint density at radius 3 is 2.73 bits per heavy atom. The minimum atomic E-state index is -2.77. The normalized spacial score (nSPS) is 16.9. The standard InChI is InChI=1S/C20H22BrF2N7O3/c1-2-13-3-6-29(26-13)14(17(22)23)9-16(31)27-7-4-20(33,5-8-27)11-28-12-25-30-15(21)10-24-18(30)19(28)32/h2-3,6,10,12,14,17,33H,1,4-5,7-9,11H2. The lowest BCUT2D eigenvalue weighted by Crippen LogP contribution is -2.50. The number of likely N-dealkylation sites (tertiary alicyclic amines) is 1. The van der Waals surface area contributed by atoms with E-state index in [1.165, 1.54) is 38.8 Å². The van der Waals surface area contributed by atoms with Crippen LogP contribution in [0.5, 0.6) is 0 Å². The summed E-state index contributed by atoms with van der Waals surface area (Å²) in [6, 6.07) is 0.154. The average Bonchev–Trinajstić information content (AvgIpc) is 3.41. The molecule has 13 heteroatoms. The maximum absolute atomic E-state index is 13.6. The summed E-state index contributed by atoms with van der Waals surface area (Å²) in [6.45, 7) is 3.90. The van der Waals surface area contributed by atoms with E-state index in [9.17, 15) is 23.5 Å². The van der Waals surface area contributed by atoms with Gasteiger partial charge < -0.3 is 10.0 Å². The predicted octanol–water partition coefficient (Wildman–Crippen LogP) is 1.74. The Morgan fingerprint density at radius 1 is 1.36 bits per heavy atom. The summed E-state index contributed by atoms with van der Waals surface area (Å²) in [5.41, 5.74) is -1.08. The maximum atomic E-state index is 13.6. The van der Waals surface area contributed by atoms with E-state index in [0.717, 1.165) is 4.68 Å². The van der Waals surface area contributed by atoms with Gasteiger partial charge in [0.1, 0.15) is 17.0 Å². The number of rotatable bonds is 7. The number of imidazole rings is 1. The summed E-state index contributed by atoms with van der Waals surface area (Å²) in [6.07, 6.45) is 2.82. The number of nitrogens with zero attached hydrogens (tertiary/aromatic N) is 7. The zero-order valence-corrected chi connectivity index (χ0v) is 19.1. The summed E-state index contributed by atoms with van der Waals surface area (Å²) >= 11 is 3.25. The van der Waals surface area contributed by atoms with E-state index >= 15 is 0 Å². The first-order chi connectivity index (χ1) is 15.7. The first-order valence-corrected chi connectivity index (χ1v) is 11.0. The van der Waals surface area contributed by atoms with Crippen LogP contribution in [0.3, 0.4) is 0 Å². The molecule has 33 heavy (non-hydrogen) atoms. The second-order valence-corrected chi connectivity index (χ2v) is 8.83. The second kappa shape index (κ2) is 9.14. The number of hydrogen-bond acceptors (Lipinski definition) is 6. The van der Waals surface area contributed by atoms with Crippen LogP contribution >= 0.6 is 15.9 Å². The van der Waals surface area contributed by atoms with Crippen molar-refractivity contribution >= 4 is 33.6 Å². The van der Waals surface area contributed by atoms with Crippen LogP contribution in [0.1, 0.15) is 31.0 Å². The molecule has 176 valence electrons. The van der Waals surface area contributed by atoms with Crippen molar-refractivity contribution in [3.05, 3.63) is 52.0 Å². The fraction of sp³-hybridized carbons (Fsp3) is 0.450. The van der Waals surface area contributed by atoms with Crippen molar-refractivity contribution in [3.8, 4) is 0 Å². The van der Waals surface area contributed by atoms with Gasteiger partial charge in [-0.25, -0.2) is 18.3 Å². The zero-order chi connectivity index (χ0) is 23.8. The number of piperidine rings is 1.